The lowest BCUT2D eigenvalue weighted by atomic mass is 9.95. The number of hydrogen-bond donors (Lipinski definition) is 1. The van der Waals surface area contributed by atoms with Gasteiger partial charge in [0.2, 0.25) is 6.79 Å². The summed E-state index contributed by atoms with van der Waals surface area (Å²) in [5, 5.41) is 11.3. The number of carbonyl (C=O) groups is 2. The molecule has 1 fully saturated rings. The highest BCUT2D eigenvalue weighted by atomic mass is 16.7. The highest BCUT2D eigenvalue weighted by Gasteiger charge is 2.47. The Kier molecular flexibility index (Phi) is 4.65. The van der Waals surface area contributed by atoms with Gasteiger partial charge in [-0.25, -0.2) is 0 Å². The van der Waals surface area contributed by atoms with E-state index < -0.39 is 17.7 Å². The van der Waals surface area contributed by atoms with Crippen LogP contribution in [0.3, 0.4) is 0 Å². The van der Waals surface area contributed by atoms with Crippen molar-refractivity contribution >= 4 is 23.1 Å². The second kappa shape index (κ2) is 7.84. The van der Waals surface area contributed by atoms with Crippen LogP contribution in [0.2, 0.25) is 0 Å². The number of amides is 1. The predicted octanol–water partition coefficient (Wildman–Crippen LogP) is 3.81. The monoisotopic (exact) mass is 457 g/mol. The molecule has 0 aliphatic carbocycles. The van der Waals surface area contributed by atoms with E-state index in [4.69, 9.17) is 18.9 Å². The highest BCUT2D eigenvalue weighted by Crippen LogP contribution is 2.45. The standard InChI is InChI=1S/C26H19NO7/c28-24(16-6-8-19-20(12-16)34-14-33-19)22-23(15-4-2-1-3-5-15)27(26(30)25(22)29)17-7-9-18-21(13-17)32-11-10-31-18/h1-9,12-13,23,28H,10-11,14H2/b24-22+. The molecule has 1 unspecified atom stereocenters. The molecule has 0 bridgehead atoms. The minimum absolute atomic E-state index is 0.00930. The quantitative estimate of drug-likeness (QED) is 0.363. The van der Waals surface area contributed by atoms with E-state index in [1.54, 1.807) is 36.4 Å². The van der Waals surface area contributed by atoms with Crippen molar-refractivity contribution in [3.8, 4) is 23.0 Å². The Morgan fingerprint density at radius 2 is 1.47 bits per heavy atom. The second-order valence-electron chi connectivity index (χ2n) is 7.98. The summed E-state index contributed by atoms with van der Waals surface area (Å²) in [6.45, 7) is 0.913. The SMILES string of the molecule is O=C1C(=O)N(c2ccc3c(c2)OCCO3)C(c2ccccc2)/C1=C(\O)c1ccc2c(c1)OCO2. The lowest BCUT2D eigenvalue weighted by Gasteiger charge is -2.27. The number of rotatable bonds is 3. The van der Waals surface area contributed by atoms with Gasteiger partial charge in [0.05, 0.1) is 11.6 Å². The fourth-order valence-corrected chi connectivity index (χ4v) is 4.43. The van der Waals surface area contributed by atoms with Gasteiger partial charge in [0.15, 0.2) is 23.0 Å². The van der Waals surface area contributed by atoms with Crippen LogP contribution in [0.1, 0.15) is 17.2 Å². The summed E-state index contributed by atoms with van der Waals surface area (Å²) < 4.78 is 22.0. The van der Waals surface area contributed by atoms with E-state index in [1.165, 1.54) is 4.90 Å². The topological polar surface area (TPSA) is 94.5 Å². The molecule has 0 saturated carbocycles. The van der Waals surface area contributed by atoms with Crippen LogP contribution in [0.4, 0.5) is 5.69 Å². The first-order valence-electron chi connectivity index (χ1n) is 10.8. The Bertz CT molecular complexity index is 1350. The number of fused-ring (bicyclic) bond motifs is 2. The summed E-state index contributed by atoms with van der Waals surface area (Å²) in [4.78, 5) is 28.0. The van der Waals surface area contributed by atoms with E-state index >= 15 is 0 Å². The normalized spacial score (nSPS) is 20.0. The van der Waals surface area contributed by atoms with Crippen molar-refractivity contribution in [3.63, 3.8) is 0 Å². The molecule has 3 aliphatic rings. The summed E-state index contributed by atoms with van der Waals surface area (Å²) in [5.74, 6) is 0.267. The molecule has 8 heteroatoms. The van der Waals surface area contributed by atoms with Crippen LogP contribution < -0.4 is 23.8 Å². The zero-order chi connectivity index (χ0) is 23.2. The molecule has 1 atom stereocenters. The average Bonchev–Trinajstić information content (AvgIpc) is 3.45. The number of Topliss-reactive ketones (excluding diaryl/α,β-unsaturated/α-hetero) is 1. The van der Waals surface area contributed by atoms with E-state index in [2.05, 4.69) is 0 Å². The lowest BCUT2D eigenvalue weighted by Crippen LogP contribution is -2.29. The van der Waals surface area contributed by atoms with E-state index in [1.807, 2.05) is 30.3 Å². The van der Waals surface area contributed by atoms with Gasteiger partial charge in [0.1, 0.15) is 19.0 Å². The van der Waals surface area contributed by atoms with Gasteiger partial charge >= 0.3 is 0 Å². The van der Waals surface area contributed by atoms with Gasteiger partial charge in [-0.2, -0.15) is 0 Å². The molecule has 3 heterocycles. The van der Waals surface area contributed by atoms with Crippen LogP contribution in [-0.2, 0) is 9.59 Å². The van der Waals surface area contributed by atoms with Crippen LogP contribution in [0.5, 0.6) is 23.0 Å². The maximum Gasteiger partial charge on any atom is 0.300 e. The molecule has 3 aromatic rings. The van der Waals surface area contributed by atoms with Gasteiger partial charge in [-0.3, -0.25) is 14.5 Å². The van der Waals surface area contributed by atoms with Crippen LogP contribution >= 0.6 is 0 Å². The third-order valence-corrected chi connectivity index (χ3v) is 6.01. The number of anilines is 1. The van der Waals surface area contributed by atoms with Gasteiger partial charge in [0, 0.05) is 17.3 Å². The minimum atomic E-state index is -0.839. The van der Waals surface area contributed by atoms with Crippen LogP contribution in [0.15, 0.2) is 72.3 Å². The summed E-state index contributed by atoms with van der Waals surface area (Å²) in [6, 6.07) is 18.2. The maximum atomic E-state index is 13.3. The van der Waals surface area contributed by atoms with Crippen molar-refractivity contribution in [1.29, 1.82) is 0 Å². The summed E-state index contributed by atoms with van der Waals surface area (Å²) in [7, 11) is 0. The Balaban J connectivity index is 1.51. The maximum absolute atomic E-state index is 13.3. The number of aliphatic hydroxyl groups excluding tert-OH is 1. The molecule has 0 aromatic heterocycles. The van der Waals surface area contributed by atoms with E-state index in [9.17, 15) is 14.7 Å². The molecule has 3 aromatic carbocycles. The largest absolute Gasteiger partial charge is 0.507 e. The Morgan fingerprint density at radius 3 is 2.29 bits per heavy atom. The zero-order valence-electron chi connectivity index (χ0n) is 17.9. The molecule has 0 spiro atoms. The Labute approximate surface area is 194 Å². The van der Waals surface area contributed by atoms with Crippen LogP contribution in [-0.4, -0.2) is 36.8 Å². The molecular weight excluding hydrogens is 438 g/mol. The summed E-state index contributed by atoms with van der Waals surface area (Å²) in [6.07, 6.45) is 0. The second-order valence-corrected chi connectivity index (χ2v) is 7.98. The fourth-order valence-electron chi connectivity index (χ4n) is 4.43. The number of aliphatic hydroxyl groups is 1. The molecule has 1 amide bonds. The van der Waals surface area contributed by atoms with Crippen LogP contribution in [0, 0.1) is 0 Å². The average molecular weight is 457 g/mol. The van der Waals surface area contributed by atoms with Crippen LogP contribution in [0.25, 0.3) is 5.76 Å². The fraction of sp³-hybridized carbons (Fsp3) is 0.154. The van der Waals surface area contributed by atoms with Crippen molar-refractivity contribution < 1.29 is 33.6 Å². The molecule has 1 N–H and O–H groups in total. The number of ether oxygens (including phenoxy) is 4. The number of hydrogen-bond acceptors (Lipinski definition) is 7. The lowest BCUT2D eigenvalue weighted by molar-refractivity contribution is -0.132. The van der Waals surface area contributed by atoms with Gasteiger partial charge in [0.25, 0.3) is 11.7 Å². The first-order chi connectivity index (χ1) is 16.6. The molecule has 3 aliphatic heterocycles. The molecule has 0 radical (unpaired) electrons. The number of carbonyl (C=O) groups excluding carboxylic acids is 2. The summed E-state index contributed by atoms with van der Waals surface area (Å²) in [5.41, 5.74) is 1.49. The zero-order valence-corrected chi connectivity index (χ0v) is 17.9. The van der Waals surface area contributed by atoms with Gasteiger partial charge in [-0.15, -0.1) is 0 Å². The van der Waals surface area contributed by atoms with E-state index in [0.29, 0.717) is 53.0 Å². The molecule has 170 valence electrons. The van der Waals surface area contributed by atoms with Crippen molar-refractivity contribution in [3.05, 3.63) is 83.4 Å². The third kappa shape index (κ3) is 3.14. The Morgan fingerprint density at radius 1 is 0.794 bits per heavy atom. The van der Waals surface area contributed by atoms with Crippen molar-refractivity contribution in [2.24, 2.45) is 0 Å². The first-order valence-corrected chi connectivity index (χ1v) is 10.8. The minimum Gasteiger partial charge on any atom is -0.507 e. The van der Waals surface area contributed by atoms with E-state index in [0.717, 1.165) is 0 Å². The van der Waals surface area contributed by atoms with Gasteiger partial charge in [-0.1, -0.05) is 30.3 Å². The first kappa shape index (κ1) is 20.2. The smallest absolute Gasteiger partial charge is 0.300 e. The van der Waals surface area contributed by atoms with Crippen molar-refractivity contribution in [2.45, 2.75) is 6.04 Å². The van der Waals surface area contributed by atoms with Crippen molar-refractivity contribution in [1.82, 2.24) is 0 Å². The molecule has 6 rings (SSSR count). The number of nitrogens with zero attached hydrogens (tertiary/aromatic N) is 1. The highest BCUT2D eigenvalue weighted by molar-refractivity contribution is 6.51. The van der Waals surface area contributed by atoms with E-state index in [-0.39, 0.29) is 18.1 Å². The Hall–Kier alpha value is -4.46. The van der Waals surface area contributed by atoms with Gasteiger partial charge in [-0.05, 0) is 35.9 Å². The number of benzene rings is 3. The molecule has 8 nitrogen and oxygen atoms in total. The molecular formula is C26H19NO7. The summed E-state index contributed by atoms with van der Waals surface area (Å²) >= 11 is 0. The third-order valence-electron chi connectivity index (χ3n) is 6.01. The van der Waals surface area contributed by atoms with Crippen molar-refractivity contribution in [2.75, 3.05) is 24.9 Å². The number of ketones is 1. The van der Waals surface area contributed by atoms with Gasteiger partial charge < -0.3 is 24.1 Å². The predicted molar refractivity (Wildman–Crippen MR) is 121 cm³/mol. The molecule has 1 saturated heterocycles. The molecule has 34 heavy (non-hydrogen) atoms.